The van der Waals surface area contributed by atoms with Crippen LogP contribution in [-0.2, 0) is 6.54 Å². The molecule has 1 aromatic rings. The zero-order chi connectivity index (χ0) is 19.3. The molecular formula is C21H39N5O. The number of hydrogen-bond donors (Lipinski definition) is 2. The standard InChI is InChI=1S/C21H39N5O/c1-4-18(5-2)20-16-19(27-25-20)17-24-21(22-3)23-12-8-6-9-13-26-14-10-7-11-15-26/h16,18H,4-15,17H2,1-3H3,(H2,22,23,24). The van der Waals surface area contributed by atoms with Crippen LogP contribution in [-0.4, -0.2) is 49.2 Å². The van der Waals surface area contributed by atoms with Crippen molar-refractivity contribution in [1.82, 2.24) is 20.7 Å². The summed E-state index contributed by atoms with van der Waals surface area (Å²) in [4.78, 5) is 6.91. The van der Waals surface area contributed by atoms with Crippen molar-refractivity contribution in [3.8, 4) is 0 Å². The van der Waals surface area contributed by atoms with E-state index in [0.29, 0.717) is 12.5 Å². The van der Waals surface area contributed by atoms with Gasteiger partial charge in [0.2, 0.25) is 0 Å². The number of likely N-dealkylation sites (tertiary alicyclic amines) is 1. The minimum atomic E-state index is 0.491. The largest absolute Gasteiger partial charge is 0.359 e. The Morgan fingerprint density at radius 3 is 2.63 bits per heavy atom. The Kier molecular flexibility index (Phi) is 10.3. The van der Waals surface area contributed by atoms with Gasteiger partial charge in [0.25, 0.3) is 0 Å². The Labute approximate surface area is 165 Å². The fourth-order valence-electron chi connectivity index (χ4n) is 3.73. The maximum Gasteiger partial charge on any atom is 0.191 e. The fourth-order valence-corrected chi connectivity index (χ4v) is 3.73. The SMILES string of the molecule is CCC(CC)c1cc(CNC(=NC)NCCCCCN2CCCCC2)on1. The second kappa shape index (κ2) is 12.8. The summed E-state index contributed by atoms with van der Waals surface area (Å²) in [6, 6.07) is 2.07. The monoisotopic (exact) mass is 377 g/mol. The van der Waals surface area contributed by atoms with Gasteiger partial charge in [-0.15, -0.1) is 0 Å². The van der Waals surface area contributed by atoms with E-state index >= 15 is 0 Å². The molecule has 1 aliphatic heterocycles. The molecule has 0 amide bonds. The van der Waals surface area contributed by atoms with Crippen LogP contribution in [0.2, 0.25) is 0 Å². The average molecular weight is 378 g/mol. The molecule has 1 saturated heterocycles. The number of nitrogens with one attached hydrogen (secondary N) is 2. The molecule has 6 heteroatoms. The molecule has 2 N–H and O–H groups in total. The summed E-state index contributed by atoms with van der Waals surface area (Å²) >= 11 is 0. The summed E-state index contributed by atoms with van der Waals surface area (Å²) in [6.07, 6.45) is 10.1. The molecular weight excluding hydrogens is 338 g/mol. The lowest BCUT2D eigenvalue weighted by molar-refractivity contribution is 0.224. The second-order valence-corrected chi connectivity index (χ2v) is 7.55. The van der Waals surface area contributed by atoms with E-state index in [1.807, 2.05) is 7.05 Å². The molecule has 1 aromatic heterocycles. The van der Waals surface area contributed by atoms with Crippen LogP contribution in [0.5, 0.6) is 0 Å². The maximum absolute atomic E-state index is 5.46. The van der Waals surface area contributed by atoms with Crippen molar-refractivity contribution in [2.24, 2.45) is 4.99 Å². The van der Waals surface area contributed by atoms with Crippen molar-refractivity contribution in [2.75, 3.05) is 33.2 Å². The van der Waals surface area contributed by atoms with Crippen LogP contribution in [0.25, 0.3) is 0 Å². The van der Waals surface area contributed by atoms with E-state index in [0.717, 1.165) is 36.8 Å². The Balaban J connectivity index is 1.57. The predicted octanol–water partition coefficient (Wildman–Crippen LogP) is 3.90. The molecule has 0 radical (unpaired) electrons. The minimum absolute atomic E-state index is 0.491. The van der Waals surface area contributed by atoms with E-state index in [2.05, 4.69) is 45.6 Å². The van der Waals surface area contributed by atoms with Crippen LogP contribution in [0.1, 0.15) is 82.6 Å². The number of aromatic nitrogens is 1. The molecule has 0 bridgehead atoms. The van der Waals surface area contributed by atoms with Gasteiger partial charge in [0.15, 0.2) is 11.7 Å². The predicted molar refractivity (Wildman–Crippen MR) is 112 cm³/mol. The first kappa shape index (κ1) is 21.7. The molecule has 0 atom stereocenters. The van der Waals surface area contributed by atoms with Crippen LogP contribution in [0.3, 0.4) is 0 Å². The van der Waals surface area contributed by atoms with Crippen molar-refractivity contribution < 1.29 is 4.52 Å². The van der Waals surface area contributed by atoms with Gasteiger partial charge in [-0.1, -0.05) is 31.8 Å². The molecule has 0 aromatic carbocycles. The first-order chi connectivity index (χ1) is 13.3. The molecule has 0 spiro atoms. The highest BCUT2D eigenvalue weighted by atomic mass is 16.5. The van der Waals surface area contributed by atoms with Crippen molar-refractivity contribution >= 4 is 5.96 Å². The van der Waals surface area contributed by atoms with Gasteiger partial charge in [-0.05, 0) is 58.2 Å². The summed E-state index contributed by atoms with van der Waals surface area (Å²) in [6.45, 7) is 9.82. The summed E-state index contributed by atoms with van der Waals surface area (Å²) in [7, 11) is 1.81. The molecule has 27 heavy (non-hydrogen) atoms. The van der Waals surface area contributed by atoms with Crippen molar-refractivity contribution in [2.45, 2.75) is 77.7 Å². The third-order valence-corrected chi connectivity index (χ3v) is 5.53. The first-order valence-corrected chi connectivity index (χ1v) is 10.9. The first-order valence-electron chi connectivity index (χ1n) is 10.9. The number of rotatable bonds is 11. The number of guanidine groups is 1. The quantitative estimate of drug-likeness (QED) is 0.348. The molecule has 0 unspecified atom stereocenters. The van der Waals surface area contributed by atoms with Crippen LogP contribution < -0.4 is 10.6 Å². The molecule has 1 fully saturated rings. The van der Waals surface area contributed by atoms with Gasteiger partial charge in [0.05, 0.1) is 12.2 Å². The van der Waals surface area contributed by atoms with E-state index in [1.165, 1.54) is 58.2 Å². The molecule has 2 heterocycles. The highest BCUT2D eigenvalue weighted by Crippen LogP contribution is 2.22. The summed E-state index contributed by atoms with van der Waals surface area (Å²) in [5.41, 5.74) is 1.06. The lowest BCUT2D eigenvalue weighted by Gasteiger charge is -2.26. The lowest BCUT2D eigenvalue weighted by Crippen LogP contribution is -2.37. The van der Waals surface area contributed by atoms with Crippen LogP contribution >= 0.6 is 0 Å². The smallest absolute Gasteiger partial charge is 0.191 e. The van der Waals surface area contributed by atoms with E-state index in [9.17, 15) is 0 Å². The molecule has 2 rings (SSSR count). The van der Waals surface area contributed by atoms with E-state index in [1.54, 1.807) is 0 Å². The number of nitrogens with zero attached hydrogens (tertiary/aromatic N) is 3. The Morgan fingerprint density at radius 1 is 1.15 bits per heavy atom. The third kappa shape index (κ3) is 7.91. The van der Waals surface area contributed by atoms with Gasteiger partial charge < -0.3 is 20.1 Å². The maximum atomic E-state index is 5.46. The van der Waals surface area contributed by atoms with Crippen molar-refractivity contribution in [3.63, 3.8) is 0 Å². The van der Waals surface area contributed by atoms with Crippen LogP contribution in [0.15, 0.2) is 15.6 Å². The lowest BCUT2D eigenvalue weighted by atomic mass is 9.99. The molecule has 0 aliphatic carbocycles. The number of piperidine rings is 1. The van der Waals surface area contributed by atoms with Gasteiger partial charge in [0.1, 0.15) is 0 Å². The normalized spacial score (nSPS) is 16.1. The summed E-state index contributed by atoms with van der Waals surface area (Å²) in [5, 5.41) is 10.9. The summed E-state index contributed by atoms with van der Waals surface area (Å²) < 4.78 is 5.46. The third-order valence-electron chi connectivity index (χ3n) is 5.53. The van der Waals surface area contributed by atoms with E-state index in [4.69, 9.17) is 4.52 Å². The Morgan fingerprint density at radius 2 is 1.93 bits per heavy atom. The number of hydrogen-bond acceptors (Lipinski definition) is 4. The van der Waals surface area contributed by atoms with Gasteiger partial charge in [-0.2, -0.15) is 0 Å². The summed E-state index contributed by atoms with van der Waals surface area (Å²) in [5.74, 6) is 2.18. The fraction of sp³-hybridized carbons (Fsp3) is 0.810. The molecule has 1 aliphatic rings. The zero-order valence-electron chi connectivity index (χ0n) is 17.6. The number of unbranched alkanes of at least 4 members (excludes halogenated alkanes) is 2. The van der Waals surface area contributed by atoms with Crippen molar-refractivity contribution in [3.05, 3.63) is 17.5 Å². The van der Waals surface area contributed by atoms with E-state index in [-0.39, 0.29) is 0 Å². The molecule has 0 saturated carbocycles. The van der Waals surface area contributed by atoms with Gasteiger partial charge >= 0.3 is 0 Å². The molecule has 6 nitrogen and oxygen atoms in total. The van der Waals surface area contributed by atoms with Crippen LogP contribution in [0.4, 0.5) is 0 Å². The van der Waals surface area contributed by atoms with E-state index < -0.39 is 0 Å². The number of aliphatic imine (C=N–C) groups is 1. The molecule has 154 valence electrons. The second-order valence-electron chi connectivity index (χ2n) is 7.55. The van der Waals surface area contributed by atoms with Gasteiger partial charge in [0, 0.05) is 25.6 Å². The zero-order valence-corrected chi connectivity index (χ0v) is 17.6. The van der Waals surface area contributed by atoms with Crippen LogP contribution in [0, 0.1) is 0 Å². The topological polar surface area (TPSA) is 65.7 Å². The highest BCUT2D eigenvalue weighted by molar-refractivity contribution is 5.79. The highest BCUT2D eigenvalue weighted by Gasteiger charge is 2.13. The Bertz CT molecular complexity index is 532. The average Bonchev–Trinajstić information content (AvgIpc) is 3.17. The van der Waals surface area contributed by atoms with Gasteiger partial charge in [-0.25, -0.2) is 0 Å². The van der Waals surface area contributed by atoms with Crippen molar-refractivity contribution in [1.29, 1.82) is 0 Å². The Hall–Kier alpha value is -1.56. The minimum Gasteiger partial charge on any atom is -0.359 e. The van der Waals surface area contributed by atoms with Gasteiger partial charge in [-0.3, -0.25) is 4.99 Å².